The third-order valence-electron chi connectivity index (χ3n) is 10.9. The van der Waals surface area contributed by atoms with Crippen molar-refractivity contribution in [2.45, 2.75) is 245 Å². The predicted molar refractivity (Wildman–Crippen MR) is 270 cm³/mol. The molecular formula is C57H96O6. The first kappa shape index (κ1) is 59.6. The Hall–Kier alpha value is -3.41. The van der Waals surface area contributed by atoms with Crippen LogP contribution in [0.4, 0.5) is 0 Å². The molecule has 0 fully saturated rings. The summed E-state index contributed by atoms with van der Waals surface area (Å²) in [5.41, 5.74) is 0. The molecule has 0 rings (SSSR count). The molecule has 0 radical (unpaired) electrons. The van der Waals surface area contributed by atoms with Gasteiger partial charge in [0.25, 0.3) is 0 Å². The van der Waals surface area contributed by atoms with Crippen LogP contribution in [0, 0.1) is 0 Å². The lowest BCUT2D eigenvalue weighted by Gasteiger charge is -2.18. The molecule has 1 unspecified atom stereocenters. The van der Waals surface area contributed by atoms with E-state index in [0.717, 1.165) is 57.8 Å². The highest BCUT2D eigenvalue weighted by Gasteiger charge is 2.19. The zero-order chi connectivity index (χ0) is 45.8. The van der Waals surface area contributed by atoms with E-state index in [1.807, 2.05) is 6.08 Å². The van der Waals surface area contributed by atoms with E-state index in [1.165, 1.54) is 128 Å². The highest BCUT2D eigenvalue weighted by molar-refractivity contribution is 5.71. The van der Waals surface area contributed by atoms with Crippen LogP contribution >= 0.6 is 0 Å². The summed E-state index contributed by atoms with van der Waals surface area (Å²) in [6.07, 6.45) is 65.8. The normalized spacial score (nSPS) is 12.7. The van der Waals surface area contributed by atoms with Crippen molar-refractivity contribution in [3.05, 3.63) is 85.1 Å². The number of esters is 3. The molecule has 0 spiro atoms. The summed E-state index contributed by atoms with van der Waals surface area (Å²) in [5, 5.41) is 0. The molecule has 0 saturated carbocycles. The fraction of sp³-hybridized carbons (Fsp3) is 0.702. The molecule has 0 N–H and O–H groups in total. The van der Waals surface area contributed by atoms with Gasteiger partial charge in [0, 0.05) is 19.3 Å². The molecule has 0 aromatic carbocycles. The van der Waals surface area contributed by atoms with Crippen molar-refractivity contribution >= 4 is 17.9 Å². The van der Waals surface area contributed by atoms with Crippen molar-refractivity contribution in [3.63, 3.8) is 0 Å². The topological polar surface area (TPSA) is 78.9 Å². The van der Waals surface area contributed by atoms with Crippen molar-refractivity contribution in [2.75, 3.05) is 13.2 Å². The maximum atomic E-state index is 12.8. The van der Waals surface area contributed by atoms with E-state index in [-0.39, 0.29) is 44.0 Å². The Balaban J connectivity index is 4.54. The van der Waals surface area contributed by atoms with Gasteiger partial charge in [0.2, 0.25) is 0 Å². The van der Waals surface area contributed by atoms with Gasteiger partial charge in [0.05, 0.1) is 0 Å². The Morgan fingerprint density at radius 3 is 1.10 bits per heavy atom. The summed E-state index contributed by atoms with van der Waals surface area (Å²) >= 11 is 0. The smallest absolute Gasteiger partial charge is 0.306 e. The van der Waals surface area contributed by atoms with Gasteiger partial charge in [-0.25, -0.2) is 0 Å². The molecule has 6 nitrogen and oxygen atoms in total. The lowest BCUT2D eigenvalue weighted by molar-refractivity contribution is -0.166. The Kier molecular flexibility index (Phi) is 48.5. The molecule has 0 aliphatic carbocycles. The van der Waals surface area contributed by atoms with Gasteiger partial charge < -0.3 is 14.2 Å². The number of ether oxygens (including phenoxy) is 3. The Morgan fingerprint density at radius 2 is 0.619 bits per heavy atom. The van der Waals surface area contributed by atoms with E-state index in [9.17, 15) is 14.4 Å². The zero-order valence-corrected chi connectivity index (χ0v) is 41.1. The molecule has 6 heteroatoms. The van der Waals surface area contributed by atoms with Gasteiger partial charge in [-0.15, -0.1) is 0 Å². The number of carbonyl (C=O) groups is 3. The van der Waals surface area contributed by atoms with Crippen LogP contribution in [0.25, 0.3) is 0 Å². The third-order valence-corrected chi connectivity index (χ3v) is 10.9. The number of carbonyl (C=O) groups excluding carboxylic acids is 3. The summed E-state index contributed by atoms with van der Waals surface area (Å²) in [6, 6.07) is 0. The predicted octanol–water partition coefficient (Wildman–Crippen LogP) is 17.2. The van der Waals surface area contributed by atoms with E-state index in [0.29, 0.717) is 19.3 Å². The minimum absolute atomic E-state index is 0.124. The van der Waals surface area contributed by atoms with Crippen LogP contribution in [0.15, 0.2) is 85.1 Å². The summed E-state index contributed by atoms with van der Waals surface area (Å²) in [4.78, 5) is 37.9. The van der Waals surface area contributed by atoms with Gasteiger partial charge in [-0.3, -0.25) is 14.4 Å². The standard InChI is InChI=1S/C57H96O6/c1-4-7-10-13-16-19-22-25-27-28-30-32-35-38-41-44-47-50-56(59)62-53-54(52-61-55(58)49-46-43-40-37-34-31-24-21-18-15-12-9-6-3)63-57(60)51-48-45-42-39-36-33-29-26-23-20-17-14-11-8-5-2/h16,19-20,23,25,27,30-32,34,38,40-41,43,54H,4-15,17-18,21-22,24,26,28-29,33,35-37,39,42,44-53H2,1-3H3/b19-16+,23-20+,27-25+,32-30+,34-31+,41-38+,43-40+. The van der Waals surface area contributed by atoms with Gasteiger partial charge >= 0.3 is 17.9 Å². The van der Waals surface area contributed by atoms with E-state index < -0.39 is 6.10 Å². The van der Waals surface area contributed by atoms with Gasteiger partial charge in [-0.2, -0.15) is 0 Å². The fourth-order valence-electron chi connectivity index (χ4n) is 6.89. The van der Waals surface area contributed by atoms with Crippen LogP contribution in [0.2, 0.25) is 0 Å². The number of unbranched alkanes of at least 4 members (excludes halogenated alkanes) is 21. The molecule has 0 amide bonds. The van der Waals surface area contributed by atoms with Crippen LogP contribution in [0.5, 0.6) is 0 Å². The molecule has 0 bridgehead atoms. The number of rotatable bonds is 46. The molecule has 0 aliphatic rings. The molecule has 0 aliphatic heterocycles. The molecule has 360 valence electrons. The maximum Gasteiger partial charge on any atom is 0.306 e. The summed E-state index contributed by atoms with van der Waals surface area (Å²) in [5.74, 6) is -1.05. The second-order valence-electron chi connectivity index (χ2n) is 17.1. The molecule has 63 heavy (non-hydrogen) atoms. The number of allylic oxidation sites excluding steroid dienone is 14. The summed E-state index contributed by atoms with van der Waals surface area (Å²) in [7, 11) is 0. The quantitative estimate of drug-likeness (QED) is 0.0262. The van der Waals surface area contributed by atoms with Crippen molar-refractivity contribution in [2.24, 2.45) is 0 Å². The first-order valence-corrected chi connectivity index (χ1v) is 26.1. The van der Waals surface area contributed by atoms with Gasteiger partial charge in [0.1, 0.15) is 13.2 Å². The van der Waals surface area contributed by atoms with Crippen LogP contribution in [-0.2, 0) is 28.6 Å². The molecular weight excluding hydrogens is 781 g/mol. The van der Waals surface area contributed by atoms with E-state index >= 15 is 0 Å². The summed E-state index contributed by atoms with van der Waals surface area (Å²) in [6.45, 7) is 6.48. The Bertz CT molecular complexity index is 1240. The van der Waals surface area contributed by atoms with E-state index in [2.05, 4.69) is 99.8 Å². The van der Waals surface area contributed by atoms with Crippen LogP contribution < -0.4 is 0 Å². The largest absolute Gasteiger partial charge is 0.462 e. The lowest BCUT2D eigenvalue weighted by atomic mass is 10.1. The second kappa shape index (κ2) is 51.2. The first-order valence-electron chi connectivity index (χ1n) is 26.1. The van der Waals surface area contributed by atoms with E-state index in [4.69, 9.17) is 14.2 Å². The average Bonchev–Trinajstić information content (AvgIpc) is 3.28. The minimum Gasteiger partial charge on any atom is -0.462 e. The van der Waals surface area contributed by atoms with Crippen LogP contribution in [0.1, 0.15) is 239 Å². The third kappa shape index (κ3) is 49.5. The number of hydrogen-bond acceptors (Lipinski definition) is 6. The van der Waals surface area contributed by atoms with Gasteiger partial charge in [-0.1, -0.05) is 202 Å². The van der Waals surface area contributed by atoms with E-state index in [1.54, 1.807) is 0 Å². The maximum absolute atomic E-state index is 12.8. The lowest BCUT2D eigenvalue weighted by Crippen LogP contribution is -2.30. The summed E-state index contributed by atoms with van der Waals surface area (Å²) < 4.78 is 16.7. The highest BCUT2D eigenvalue weighted by Crippen LogP contribution is 2.13. The monoisotopic (exact) mass is 877 g/mol. The van der Waals surface area contributed by atoms with Gasteiger partial charge in [-0.05, 0) is 103 Å². The van der Waals surface area contributed by atoms with Crippen molar-refractivity contribution in [3.8, 4) is 0 Å². The second-order valence-corrected chi connectivity index (χ2v) is 17.1. The Labute approximate surface area is 388 Å². The molecule has 1 atom stereocenters. The SMILES string of the molecule is CCCCC/C=C/C/C=C/C/C=C/C/C=C/CCCC(=O)OCC(COC(=O)CC/C=C/C/C=C/CCCCCCCC)OC(=O)CCCCCCCCC/C=C/CCCCCC. The molecule has 0 aromatic rings. The fourth-order valence-corrected chi connectivity index (χ4v) is 6.89. The average molecular weight is 877 g/mol. The van der Waals surface area contributed by atoms with Crippen molar-refractivity contribution in [1.29, 1.82) is 0 Å². The van der Waals surface area contributed by atoms with Crippen LogP contribution in [-0.4, -0.2) is 37.2 Å². The molecule has 0 heterocycles. The minimum atomic E-state index is -0.823. The van der Waals surface area contributed by atoms with Gasteiger partial charge in [0.15, 0.2) is 6.10 Å². The molecule has 0 saturated heterocycles. The van der Waals surface area contributed by atoms with Crippen LogP contribution in [0.3, 0.4) is 0 Å². The highest BCUT2D eigenvalue weighted by atomic mass is 16.6. The zero-order valence-electron chi connectivity index (χ0n) is 41.1. The first-order chi connectivity index (χ1) is 31.0. The van der Waals surface area contributed by atoms with Crippen molar-refractivity contribution in [1.82, 2.24) is 0 Å². The number of hydrogen-bond donors (Lipinski definition) is 0. The van der Waals surface area contributed by atoms with Crippen molar-refractivity contribution < 1.29 is 28.6 Å². The Morgan fingerprint density at radius 1 is 0.317 bits per heavy atom. The molecule has 0 aromatic heterocycles.